The lowest BCUT2D eigenvalue weighted by Gasteiger charge is -2.23. The third-order valence-corrected chi connectivity index (χ3v) is 8.09. The molecule has 0 aliphatic carbocycles. The minimum absolute atomic E-state index is 0.0277. The van der Waals surface area contributed by atoms with Crippen molar-refractivity contribution >= 4 is 31.2 Å². The first kappa shape index (κ1) is 16.9. The maximum absolute atomic E-state index is 12.5. The number of sulfonamides is 1. The SMILES string of the molecule is CCNCc1sccc1S(=O)(=O)NC1(C)CCS(=O)(=O)C1. The van der Waals surface area contributed by atoms with Crippen LogP contribution in [0.1, 0.15) is 25.1 Å². The number of sulfone groups is 1. The zero-order valence-electron chi connectivity index (χ0n) is 12.0. The Kier molecular flexibility index (Phi) is 4.79. The van der Waals surface area contributed by atoms with Gasteiger partial charge in [-0.1, -0.05) is 6.92 Å². The Labute approximate surface area is 129 Å². The molecule has 0 bridgehead atoms. The Morgan fingerprint density at radius 2 is 2.14 bits per heavy atom. The summed E-state index contributed by atoms with van der Waals surface area (Å²) in [6.07, 6.45) is 0.307. The van der Waals surface area contributed by atoms with Gasteiger partial charge in [-0.25, -0.2) is 21.6 Å². The Bertz CT molecular complexity index is 709. The molecule has 0 spiro atoms. The quantitative estimate of drug-likeness (QED) is 0.787. The van der Waals surface area contributed by atoms with Crippen molar-refractivity contribution in [1.82, 2.24) is 10.0 Å². The van der Waals surface area contributed by atoms with Crippen LogP contribution < -0.4 is 10.0 Å². The van der Waals surface area contributed by atoms with Crippen molar-refractivity contribution in [3.05, 3.63) is 16.3 Å². The minimum Gasteiger partial charge on any atom is -0.312 e. The van der Waals surface area contributed by atoms with Crippen LogP contribution in [0.5, 0.6) is 0 Å². The molecule has 1 aromatic heterocycles. The van der Waals surface area contributed by atoms with Gasteiger partial charge in [0.05, 0.1) is 16.4 Å². The lowest BCUT2D eigenvalue weighted by atomic mass is 10.0. The van der Waals surface area contributed by atoms with E-state index >= 15 is 0 Å². The van der Waals surface area contributed by atoms with Crippen molar-refractivity contribution in [2.45, 2.75) is 37.2 Å². The molecule has 1 aromatic rings. The minimum atomic E-state index is -3.71. The summed E-state index contributed by atoms with van der Waals surface area (Å²) in [6, 6.07) is 1.56. The summed E-state index contributed by atoms with van der Waals surface area (Å²) in [5, 5.41) is 4.83. The molecule has 0 saturated carbocycles. The zero-order chi connectivity index (χ0) is 15.7. The maximum Gasteiger partial charge on any atom is 0.242 e. The van der Waals surface area contributed by atoms with E-state index in [0.717, 1.165) is 11.4 Å². The Morgan fingerprint density at radius 1 is 1.43 bits per heavy atom. The Balaban J connectivity index is 2.22. The average molecular weight is 353 g/mol. The highest BCUT2D eigenvalue weighted by atomic mass is 32.2. The van der Waals surface area contributed by atoms with Crippen LogP contribution >= 0.6 is 11.3 Å². The van der Waals surface area contributed by atoms with Gasteiger partial charge >= 0.3 is 0 Å². The summed E-state index contributed by atoms with van der Waals surface area (Å²) in [7, 11) is -6.87. The topological polar surface area (TPSA) is 92.3 Å². The molecule has 1 unspecified atom stereocenters. The molecule has 2 N–H and O–H groups in total. The Hall–Kier alpha value is -0.480. The van der Waals surface area contributed by atoms with E-state index in [-0.39, 0.29) is 16.4 Å². The molecule has 0 radical (unpaired) electrons. The number of thiophene rings is 1. The van der Waals surface area contributed by atoms with Crippen molar-refractivity contribution < 1.29 is 16.8 Å². The van der Waals surface area contributed by atoms with E-state index in [9.17, 15) is 16.8 Å². The second-order valence-corrected chi connectivity index (χ2v) is 10.3. The molecule has 0 amide bonds. The van der Waals surface area contributed by atoms with Gasteiger partial charge in [0.25, 0.3) is 0 Å². The van der Waals surface area contributed by atoms with Crippen molar-refractivity contribution in [3.8, 4) is 0 Å². The molecule has 2 rings (SSSR count). The summed E-state index contributed by atoms with van der Waals surface area (Å²) in [5.41, 5.74) is -0.922. The fraction of sp³-hybridized carbons (Fsp3) is 0.667. The summed E-state index contributed by atoms with van der Waals surface area (Å²) >= 11 is 1.37. The number of nitrogens with one attached hydrogen (secondary N) is 2. The summed E-state index contributed by atoms with van der Waals surface area (Å²) < 4.78 is 50.8. The highest BCUT2D eigenvalue weighted by Crippen LogP contribution is 2.28. The van der Waals surface area contributed by atoms with Crippen molar-refractivity contribution in [3.63, 3.8) is 0 Å². The van der Waals surface area contributed by atoms with E-state index in [0.29, 0.717) is 13.0 Å². The highest BCUT2D eigenvalue weighted by Gasteiger charge is 2.41. The van der Waals surface area contributed by atoms with E-state index in [4.69, 9.17) is 0 Å². The van der Waals surface area contributed by atoms with Gasteiger partial charge in [0.1, 0.15) is 0 Å². The van der Waals surface area contributed by atoms with Gasteiger partial charge in [0.15, 0.2) is 9.84 Å². The van der Waals surface area contributed by atoms with Crippen LogP contribution in [0, 0.1) is 0 Å². The highest BCUT2D eigenvalue weighted by molar-refractivity contribution is 7.92. The van der Waals surface area contributed by atoms with Crippen molar-refractivity contribution in [1.29, 1.82) is 0 Å². The molecular weight excluding hydrogens is 332 g/mol. The second-order valence-electron chi connectivity index (χ2n) is 5.50. The molecule has 21 heavy (non-hydrogen) atoms. The first-order valence-corrected chi connectivity index (χ1v) is 10.9. The second kappa shape index (κ2) is 5.96. The van der Waals surface area contributed by atoms with Gasteiger partial charge in [-0.05, 0) is 31.3 Å². The number of rotatable bonds is 6. The van der Waals surface area contributed by atoms with E-state index < -0.39 is 25.4 Å². The molecule has 120 valence electrons. The Morgan fingerprint density at radius 3 is 2.71 bits per heavy atom. The molecule has 0 aromatic carbocycles. The van der Waals surface area contributed by atoms with Crippen LogP contribution in [0.3, 0.4) is 0 Å². The summed E-state index contributed by atoms with van der Waals surface area (Å²) in [5.74, 6) is -0.119. The monoisotopic (exact) mass is 352 g/mol. The molecule has 1 fully saturated rings. The normalized spacial score (nSPS) is 25.2. The number of hydrogen-bond acceptors (Lipinski definition) is 6. The van der Waals surface area contributed by atoms with Gasteiger partial charge in [-0.2, -0.15) is 0 Å². The lowest BCUT2D eigenvalue weighted by molar-refractivity contribution is 0.461. The molecule has 6 nitrogen and oxygen atoms in total. The van der Waals surface area contributed by atoms with Gasteiger partial charge < -0.3 is 5.32 Å². The van der Waals surface area contributed by atoms with Crippen LogP contribution in [0.4, 0.5) is 0 Å². The van der Waals surface area contributed by atoms with Gasteiger partial charge in [0, 0.05) is 17.0 Å². The number of hydrogen-bond donors (Lipinski definition) is 2. The zero-order valence-corrected chi connectivity index (χ0v) is 14.5. The standard InChI is InChI=1S/C12H20N2O4S3/c1-3-13-8-10-11(4-6-19-10)21(17,18)14-12(2)5-7-20(15,16)9-12/h4,6,13-14H,3,5,7-9H2,1-2H3. The first-order chi connectivity index (χ1) is 9.68. The summed E-state index contributed by atoms with van der Waals surface area (Å²) in [4.78, 5) is 0.966. The van der Waals surface area contributed by atoms with Crippen LogP contribution in [0.2, 0.25) is 0 Å². The predicted octanol–water partition coefficient (Wildman–Crippen LogP) is 0.713. The summed E-state index contributed by atoms with van der Waals surface area (Å²) in [6.45, 7) is 4.83. The fourth-order valence-corrected chi connectivity index (χ4v) is 7.44. The molecule has 2 heterocycles. The first-order valence-electron chi connectivity index (χ1n) is 6.69. The van der Waals surface area contributed by atoms with E-state index in [1.54, 1.807) is 18.4 Å². The van der Waals surface area contributed by atoms with Gasteiger partial charge in [0.2, 0.25) is 10.0 Å². The largest absolute Gasteiger partial charge is 0.312 e. The molecule has 1 saturated heterocycles. The van der Waals surface area contributed by atoms with Crippen LogP contribution in [-0.2, 0) is 26.4 Å². The van der Waals surface area contributed by atoms with E-state index in [2.05, 4.69) is 10.0 Å². The van der Waals surface area contributed by atoms with Crippen molar-refractivity contribution in [2.75, 3.05) is 18.1 Å². The van der Waals surface area contributed by atoms with Crippen LogP contribution in [-0.4, -0.2) is 40.4 Å². The predicted molar refractivity (Wildman–Crippen MR) is 83.7 cm³/mol. The van der Waals surface area contributed by atoms with Crippen LogP contribution in [0.25, 0.3) is 0 Å². The third-order valence-electron chi connectivity index (χ3n) is 3.41. The lowest BCUT2D eigenvalue weighted by Crippen LogP contribution is -2.46. The maximum atomic E-state index is 12.5. The fourth-order valence-electron chi connectivity index (χ4n) is 2.41. The smallest absolute Gasteiger partial charge is 0.242 e. The van der Waals surface area contributed by atoms with E-state index in [1.165, 1.54) is 11.3 Å². The molecule has 1 aliphatic rings. The average Bonchev–Trinajstić information content (AvgIpc) is 2.91. The molecule has 9 heteroatoms. The van der Waals surface area contributed by atoms with Gasteiger partial charge in [-0.15, -0.1) is 11.3 Å². The van der Waals surface area contributed by atoms with Gasteiger partial charge in [-0.3, -0.25) is 0 Å². The molecule has 1 aliphatic heterocycles. The molecular formula is C12H20N2O4S3. The third kappa shape index (κ3) is 4.04. The van der Waals surface area contributed by atoms with Crippen molar-refractivity contribution in [2.24, 2.45) is 0 Å². The molecule has 1 atom stereocenters. The van der Waals surface area contributed by atoms with E-state index in [1.807, 2.05) is 6.92 Å². The van der Waals surface area contributed by atoms with Crippen LogP contribution in [0.15, 0.2) is 16.3 Å².